The van der Waals surface area contributed by atoms with Crippen molar-refractivity contribution in [2.75, 3.05) is 32.8 Å². The zero-order chi connectivity index (χ0) is 13.0. The van der Waals surface area contributed by atoms with Gasteiger partial charge in [-0.1, -0.05) is 0 Å². The summed E-state index contributed by atoms with van der Waals surface area (Å²) in [5.41, 5.74) is 0.723. The zero-order valence-corrected chi connectivity index (χ0v) is 12.7. The first kappa shape index (κ1) is 14.0. The summed E-state index contributed by atoms with van der Waals surface area (Å²) in [7, 11) is 0. The molecule has 1 aliphatic rings. The van der Waals surface area contributed by atoms with Gasteiger partial charge in [0.2, 0.25) is 0 Å². The Morgan fingerprint density at radius 1 is 1.61 bits per heavy atom. The Hall–Kier alpha value is -0.430. The monoisotopic (exact) mass is 332 g/mol. The largest absolute Gasteiger partial charge is 0.379 e. The Kier molecular flexibility index (Phi) is 5.17. The van der Waals surface area contributed by atoms with Crippen molar-refractivity contribution in [2.24, 2.45) is 0 Å². The van der Waals surface area contributed by atoms with Gasteiger partial charge >= 0.3 is 0 Å². The van der Waals surface area contributed by atoms with Crippen LogP contribution in [-0.4, -0.2) is 49.7 Å². The van der Waals surface area contributed by atoms with E-state index in [1.54, 1.807) is 0 Å². The highest BCUT2D eigenvalue weighted by Gasteiger charge is 2.17. The van der Waals surface area contributed by atoms with Gasteiger partial charge in [-0.3, -0.25) is 9.69 Å². The number of amides is 1. The molecule has 1 atom stereocenters. The highest BCUT2D eigenvalue weighted by molar-refractivity contribution is 9.11. The second kappa shape index (κ2) is 6.65. The standard InChI is InChI=1S/C12H17BrN2O2S/c1-9(15-2-4-17-5-3-15)7-14-12(16)10-6-11(13)18-8-10/h6,8-9H,2-5,7H2,1H3,(H,14,16). The van der Waals surface area contributed by atoms with Crippen molar-refractivity contribution in [3.05, 3.63) is 20.8 Å². The molecule has 100 valence electrons. The van der Waals surface area contributed by atoms with E-state index in [9.17, 15) is 4.79 Å². The maximum atomic E-state index is 11.9. The lowest BCUT2D eigenvalue weighted by Gasteiger charge is -2.32. The number of carbonyl (C=O) groups is 1. The fourth-order valence-electron chi connectivity index (χ4n) is 1.92. The molecule has 1 aromatic heterocycles. The van der Waals surface area contributed by atoms with Crippen LogP contribution in [0.3, 0.4) is 0 Å². The second-order valence-corrected chi connectivity index (χ2v) is 6.64. The van der Waals surface area contributed by atoms with Crippen LogP contribution in [0.1, 0.15) is 17.3 Å². The van der Waals surface area contributed by atoms with Gasteiger partial charge in [-0.25, -0.2) is 0 Å². The summed E-state index contributed by atoms with van der Waals surface area (Å²) in [5.74, 6) is -0.00272. The first-order chi connectivity index (χ1) is 8.66. The van der Waals surface area contributed by atoms with Crippen molar-refractivity contribution < 1.29 is 9.53 Å². The van der Waals surface area contributed by atoms with E-state index in [0.717, 1.165) is 35.7 Å². The highest BCUT2D eigenvalue weighted by Crippen LogP contribution is 2.20. The molecule has 0 aliphatic carbocycles. The number of thiophene rings is 1. The molecule has 6 heteroatoms. The number of hydrogen-bond acceptors (Lipinski definition) is 4. The summed E-state index contributed by atoms with van der Waals surface area (Å²) in [6.45, 7) is 6.27. The van der Waals surface area contributed by atoms with Gasteiger partial charge in [0.1, 0.15) is 0 Å². The topological polar surface area (TPSA) is 41.6 Å². The minimum atomic E-state index is -0.00272. The van der Waals surface area contributed by atoms with Crippen molar-refractivity contribution in [3.8, 4) is 0 Å². The van der Waals surface area contributed by atoms with E-state index in [4.69, 9.17) is 4.74 Å². The van der Waals surface area contributed by atoms with Crippen molar-refractivity contribution in [1.82, 2.24) is 10.2 Å². The molecule has 1 fully saturated rings. The molecule has 1 aliphatic heterocycles. The number of hydrogen-bond donors (Lipinski definition) is 1. The predicted octanol–water partition coefficient (Wildman–Crippen LogP) is 1.96. The molecule has 0 spiro atoms. The molecule has 0 radical (unpaired) electrons. The molecule has 4 nitrogen and oxygen atoms in total. The lowest BCUT2D eigenvalue weighted by atomic mass is 10.2. The first-order valence-electron chi connectivity index (χ1n) is 6.01. The van der Waals surface area contributed by atoms with Crippen LogP contribution in [0.15, 0.2) is 15.2 Å². The molecule has 1 N–H and O–H groups in total. The third kappa shape index (κ3) is 3.78. The summed E-state index contributed by atoms with van der Waals surface area (Å²) < 4.78 is 6.30. The Balaban J connectivity index is 1.78. The van der Waals surface area contributed by atoms with Crippen molar-refractivity contribution in [1.29, 1.82) is 0 Å². The molecule has 1 unspecified atom stereocenters. The van der Waals surface area contributed by atoms with Gasteiger partial charge in [0.05, 0.1) is 22.6 Å². The third-order valence-corrected chi connectivity index (χ3v) is 4.56. The van der Waals surface area contributed by atoms with Crippen molar-refractivity contribution in [2.45, 2.75) is 13.0 Å². The van der Waals surface area contributed by atoms with Crippen molar-refractivity contribution >= 4 is 33.2 Å². The molecule has 0 bridgehead atoms. The molecular weight excluding hydrogens is 316 g/mol. The maximum absolute atomic E-state index is 11.9. The summed E-state index contributed by atoms with van der Waals surface area (Å²) in [6, 6.07) is 2.19. The molecular formula is C12H17BrN2O2S. The second-order valence-electron chi connectivity index (χ2n) is 4.35. The molecule has 0 saturated carbocycles. The summed E-state index contributed by atoms with van der Waals surface area (Å²) in [5, 5.41) is 4.83. The Morgan fingerprint density at radius 3 is 2.94 bits per heavy atom. The van der Waals surface area contributed by atoms with Crippen LogP contribution < -0.4 is 5.32 Å². The number of morpholine rings is 1. The van der Waals surface area contributed by atoms with Crippen LogP contribution in [0.25, 0.3) is 0 Å². The Morgan fingerprint density at radius 2 is 2.33 bits per heavy atom. The number of halogens is 1. The minimum Gasteiger partial charge on any atom is -0.379 e. The molecule has 0 aromatic carbocycles. The number of nitrogens with zero attached hydrogens (tertiary/aromatic N) is 1. The summed E-state index contributed by atoms with van der Waals surface area (Å²) in [6.07, 6.45) is 0. The van der Waals surface area contributed by atoms with E-state index >= 15 is 0 Å². The van der Waals surface area contributed by atoms with E-state index in [1.807, 2.05) is 11.4 Å². The van der Waals surface area contributed by atoms with Gasteiger partial charge in [0.15, 0.2) is 0 Å². The van der Waals surface area contributed by atoms with Crippen molar-refractivity contribution in [3.63, 3.8) is 0 Å². The molecule has 1 aromatic rings. The summed E-state index contributed by atoms with van der Waals surface area (Å²) in [4.78, 5) is 14.2. The zero-order valence-electron chi connectivity index (χ0n) is 10.3. The third-order valence-electron chi connectivity index (χ3n) is 3.06. The average molecular weight is 333 g/mol. The number of rotatable bonds is 4. The fourth-order valence-corrected chi connectivity index (χ4v) is 3.06. The molecule has 1 saturated heterocycles. The van der Waals surface area contributed by atoms with E-state index in [1.165, 1.54) is 11.3 Å². The predicted molar refractivity (Wildman–Crippen MR) is 76.2 cm³/mol. The minimum absolute atomic E-state index is 0.00272. The smallest absolute Gasteiger partial charge is 0.252 e. The molecule has 2 heterocycles. The van der Waals surface area contributed by atoms with Gasteiger partial charge in [-0.05, 0) is 28.9 Å². The summed E-state index contributed by atoms with van der Waals surface area (Å²) >= 11 is 4.88. The Labute approximate surface area is 119 Å². The van der Waals surface area contributed by atoms with Gasteiger partial charge in [0.25, 0.3) is 5.91 Å². The number of nitrogens with one attached hydrogen (secondary N) is 1. The van der Waals surface area contributed by atoms with Crippen LogP contribution in [0.2, 0.25) is 0 Å². The quantitative estimate of drug-likeness (QED) is 0.916. The van der Waals surface area contributed by atoms with Crippen LogP contribution in [0.4, 0.5) is 0 Å². The lowest BCUT2D eigenvalue weighted by Crippen LogP contribution is -2.47. The molecule has 1 amide bonds. The van der Waals surface area contributed by atoms with Crippen LogP contribution in [-0.2, 0) is 4.74 Å². The van der Waals surface area contributed by atoms with Crippen LogP contribution in [0.5, 0.6) is 0 Å². The van der Waals surface area contributed by atoms with E-state index in [0.29, 0.717) is 12.6 Å². The van der Waals surface area contributed by atoms with Gasteiger partial charge in [0, 0.05) is 31.1 Å². The Bertz CT molecular complexity index is 405. The van der Waals surface area contributed by atoms with Crippen LogP contribution in [0, 0.1) is 0 Å². The SMILES string of the molecule is CC(CNC(=O)c1csc(Br)c1)N1CCOCC1. The molecule has 18 heavy (non-hydrogen) atoms. The number of carbonyl (C=O) groups excluding carboxylic acids is 1. The van der Waals surface area contributed by atoms with Crippen LogP contribution >= 0.6 is 27.3 Å². The molecule has 2 rings (SSSR count). The first-order valence-corrected chi connectivity index (χ1v) is 7.68. The normalized spacial score (nSPS) is 18.6. The maximum Gasteiger partial charge on any atom is 0.252 e. The fraction of sp³-hybridized carbons (Fsp3) is 0.583. The van der Waals surface area contributed by atoms with E-state index in [-0.39, 0.29) is 5.91 Å². The van der Waals surface area contributed by atoms with E-state index < -0.39 is 0 Å². The lowest BCUT2D eigenvalue weighted by molar-refractivity contribution is 0.0204. The highest BCUT2D eigenvalue weighted by atomic mass is 79.9. The van der Waals surface area contributed by atoms with Gasteiger partial charge in [-0.2, -0.15) is 0 Å². The van der Waals surface area contributed by atoms with E-state index in [2.05, 4.69) is 33.1 Å². The number of ether oxygens (including phenoxy) is 1. The van der Waals surface area contributed by atoms with Gasteiger partial charge < -0.3 is 10.1 Å². The van der Waals surface area contributed by atoms with Gasteiger partial charge in [-0.15, -0.1) is 11.3 Å². The average Bonchev–Trinajstić information content (AvgIpc) is 2.83.